The molecular weight excluding hydrogens is 291 g/mol. The second kappa shape index (κ2) is 7.38. The summed E-state index contributed by atoms with van der Waals surface area (Å²) in [5.41, 5.74) is 1.91. The van der Waals surface area contributed by atoms with Crippen molar-refractivity contribution in [2.24, 2.45) is 0 Å². The Labute approximate surface area is 136 Å². The van der Waals surface area contributed by atoms with Gasteiger partial charge in [0.2, 0.25) is 5.91 Å². The predicted octanol–water partition coefficient (Wildman–Crippen LogP) is 3.85. The van der Waals surface area contributed by atoms with Crippen LogP contribution in [0.25, 0.3) is 0 Å². The number of carbonyl (C=O) groups excluding carboxylic acids is 1. The van der Waals surface area contributed by atoms with Gasteiger partial charge in [0.1, 0.15) is 5.82 Å². The van der Waals surface area contributed by atoms with Gasteiger partial charge in [0.15, 0.2) is 0 Å². The predicted molar refractivity (Wildman–Crippen MR) is 91.9 cm³/mol. The first-order chi connectivity index (χ1) is 10.9. The van der Waals surface area contributed by atoms with E-state index in [2.05, 4.69) is 17.6 Å². The number of benzene rings is 2. The third-order valence-corrected chi connectivity index (χ3v) is 3.90. The molecule has 0 fully saturated rings. The number of carbonyl (C=O) groups is 1. The molecule has 122 valence electrons. The Morgan fingerprint density at radius 2 is 1.83 bits per heavy atom. The molecule has 4 heteroatoms. The van der Waals surface area contributed by atoms with Gasteiger partial charge in [-0.15, -0.1) is 0 Å². The molecule has 2 N–H and O–H groups in total. The Morgan fingerprint density at radius 3 is 2.48 bits per heavy atom. The first-order valence-electron chi connectivity index (χ1n) is 7.80. The highest BCUT2D eigenvalue weighted by atomic mass is 19.1. The Bertz CT molecular complexity index is 665. The number of halogens is 1. The van der Waals surface area contributed by atoms with Gasteiger partial charge in [-0.05, 0) is 55.8 Å². The third kappa shape index (κ3) is 4.39. The summed E-state index contributed by atoms with van der Waals surface area (Å²) in [7, 11) is 0. The van der Waals surface area contributed by atoms with Crippen molar-refractivity contribution in [3.63, 3.8) is 0 Å². The van der Waals surface area contributed by atoms with Crippen molar-refractivity contribution < 1.29 is 9.18 Å². The molecule has 0 bridgehead atoms. The summed E-state index contributed by atoms with van der Waals surface area (Å²) < 4.78 is 13.1. The fourth-order valence-corrected chi connectivity index (χ4v) is 2.31. The SMILES string of the molecule is CCNCc1cccc(NC(=O)C(C)(C)c2ccc(F)cc2)c1. The molecule has 0 heterocycles. The highest BCUT2D eigenvalue weighted by Gasteiger charge is 2.29. The zero-order chi connectivity index (χ0) is 16.9. The van der Waals surface area contributed by atoms with Gasteiger partial charge in [-0.2, -0.15) is 0 Å². The molecule has 2 rings (SSSR count). The van der Waals surface area contributed by atoms with E-state index in [1.807, 2.05) is 38.1 Å². The summed E-state index contributed by atoms with van der Waals surface area (Å²) in [4.78, 5) is 12.6. The molecule has 0 spiro atoms. The molecule has 2 aromatic rings. The first kappa shape index (κ1) is 17.2. The van der Waals surface area contributed by atoms with Gasteiger partial charge in [-0.25, -0.2) is 4.39 Å². The first-order valence-corrected chi connectivity index (χ1v) is 7.80. The highest BCUT2D eigenvalue weighted by Crippen LogP contribution is 2.25. The Hall–Kier alpha value is -2.20. The molecule has 0 unspecified atom stereocenters. The molecule has 23 heavy (non-hydrogen) atoms. The van der Waals surface area contributed by atoms with E-state index in [1.165, 1.54) is 12.1 Å². The number of anilines is 1. The van der Waals surface area contributed by atoms with Crippen molar-refractivity contribution in [3.05, 3.63) is 65.5 Å². The van der Waals surface area contributed by atoms with E-state index in [9.17, 15) is 9.18 Å². The van der Waals surface area contributed by atoms with Crippen LogP contribution in [0.4, 0.5) is 10.1 Å². The Kier molecular flexibility index (Phi) is 5.50. The van der Waals surface area contributed by atoms with Gasteiger partial charge in [0.05, 0.1) is 5.41 Å². The topological polar surface area (TPSA) is 41.1 Å². The lowest BCUT2D eigenvalue weighted by molar-refractivity contribution is -0.120. The lowest BCUT2D eigenvalue weighted by Gasteiger charge is -2.24. The van der Waals surface area contributed by atoms with Crippen LogP contribution in [-0.2, 0) is 16.8 Å². The number of hydrogen-bond donors (Lipinski definition) is 2. The van der Waals surface area contributed by atoms with Crippen LogP contribution in [0.3, 0.4) is 0 Å². The Balaban J connectivity index is 2.12. The van der Waals surface area contributed by atoms with Crippen LogP contribution in [0, 0.1) is 5.82 Å². The van der Waals surface area contributed by atoms with Gasteiger partial charge in [-0.3, -0.25) is 4.79 Å². The minimum absolute atomic E-state index is 0.121. The third-order valence-electron chi connectivity index (χ3n) is 3.90. The van der Waals surface area contributed by atoms with E-state index in [-0.39, 0.29) is 11.7 Å². The summed E-state index contributed by atoms with van der Waals surface area (Å²) in [6.45, 7) is 7.38. The molecule has 0 saturated carbocycles. The number of amides is 1. The van der Waals surface area contributed by atoms with Crippen molar-refractivity contribution in [3.8, 4) is 0 Å². The van der Waals surface area contributed by atoms with Crippen molar-refractivity contribution >= 4 is 11.6 Å². The summed E-state index contributed by atoms with van der Waals surface area (Å²) in [5, 5.41) is 6.21. The molecular formula is C19H23FN2O. The quantitative estimate of drug-likeness (QED) is 0.850. The van der Waals surface area contributed by atoms with Gasteiger partial charge in [0, 0.05) is 12.2 Å². The van der Waals surface area contributed by atoms with E-state index in [0.717, 1.165) is 29.9 Å². The zero-order valence-electron chi connectivity index (χ0n) is 13.8. The minimum Gasteiger partial charge on any atom is -0.325 e. The van der Waals surface area contributed by atoms with Crippen LogP contribution in [0.15, 0.2) is 48.5 Å². The van der Waals surface area contributed by atoms with E-state index in [1.54, 1.807) is 12.1 Å². The van der Waals surface area contributed by atoms with E-state index < -0.39 is 5.41 Å². The number of rotatable bonds is 6. The standard InChI is InChI=1S/C19H23FN2O/c1-4-21-13-14-6-5-7-17(12-14)22-18(23)19(2,3)15-8-10-16(20)11-9-15/h5-12,21H,4,13H2,1-3H3,(H,22,23). The monoisotopic (exact) mass is 314 g/mol. The smallest absolute Gasteiger partial charge is 0.234 e. The van der Waals surface area contributed by atoms with Crippen molar-refractivity contribution in [2.45, 2.75) is 32.7 Å². The fraction of sp³-hybridized carbons (Fsp3) is 0.316. The summed E-state index contributed by atoms with van der Waals surface area (Å²) in [6.07, 6.45) is 0. The second-order valence-electron chi connectivity index (χ2n) is 6.07. The maximum Gasteiger partial charge on any atom is 0.234 e. The van der Waals surface area contributed by atoms with Crippen molar-refractivity contribution in [1.29, 1.82) is 0 Å². The lowest BCUT2D eigenvalue weighted by atomic mass is 9.83. The van der Waals surface area contributed by atoms with E-state index >= 15 is 0 Å². The molecule has 0 aliphatic carbocycles. The molecule has 2 aromatic carbocycles. The van der Waals surface area contributed by atoms with Gasteiger partial charge < -0.3 is 10.6 Å². The summed E-state index contributed by atoms with van der Waals surface area (Å²) >= 11 is 0. The second-order valence-corrected chi connectivity index (χ2v) is 6.07. The Morgan fingerprint density at radius 1 is 1.13 bits per heavy atom. The fourth-order valence-electron chi connectivity index (χ4n) is 2.31. The summed E-state index contributed by atoms with van der Waals surface area (Å²) in [6, 6.07) is 13.8. The van der Waals surface area contributed by atoms with Crippen LogP contribution in [-0.4, -0.2) is 12.5 Å². The molecule has 0 saturated heterocycles. The maximum absolute atomic E-state index is 13.1. The average Bonchev–Trinajstić information content (AvgIpc) is 2.53. The average molecular weight is 314 g/mol. The van der Waals surface area contributed by atoms with Crippen molar-refractivity contribution in [2.75, 3.05) is 11.9 Å². The zero-order valence-corrected chi connectivity index (χ0v) is 13.8. The van der Waals surface area contributed by atoms with Crippen LogP contribution < -0.4 is 10.6 Å². The molecule has 3 nitrogen and oxygen atoms in total. The molecule has 1 amide bonds. The number of nitrogens with one attached hydrogen (secondary N) is 2. The van der Waals surface area contributed by atoms with E-state index in [4.69, 9.17) is 0 Å². The van der Waals surface area contributed by atoms with Crippen LogP contribution in [0.1, 0.15) is 31.9 Å². The molecule has 0 aliphatic heterocycles. The van der Waals surface area contributed by atoms with Crippen molar-refractivity contribution in [1.82, 2.24) is 5.32 Å². The van der Waals surface area contributed by atoms with Gasteiger partial charge >= 0.3 is 0 Å². The van der Waals surface area contributed by atoms with Crippen LogP contribution in [0.5, 0.6) is 0 Å². The maximum atomic E-state index is 13.1. The molecule has 0 radical (unpaired) electrons. The van der Waals surface area contributed by atoms with Gasteiger partial charge in [0.25, 0.3) is 0 Å². The van der Waals surface area contributed by atoms with Gasteiger partial charge in [-0.1, -0.05) is 31.2 Å². The molecule has 0 aromatic heterocycles. The highest BCUT2D eigenvalue weighted by molar-refractivity contribution is 5.98. The number of hydrogen-bond acceptors (Lipinski definition) is 2. The molecule has 0 aliphatic rings. The van der Waals surface area contributed by atoms with Crippen LogP contribution >= 0.6 is 0 Å². The van der Waals surface area contributed by atoms with Crippen LogP contribution in [0.2, 0.25) is 0 Å². The molecule has 0 atom stereocenters. The lowest BCUT2D eigenvalue weighted by Crippen LogP contribution is -2.34. The van der Waals surface area contributed by atoms with E-state index in [0.29, 0.717) is 0 Å². The minimum atomic E-state index is -0.745. The summed E-state index contributed by atoms with van der Waals surface area (Å²) in [5.74, 6) is -0.425. The normalized spacial score (nSPS) is 11.3. The largest absolute Gasteiger partial charge is 0.325 e.